The molecule has 1 heterocycles. The summed E-state index contributed by atoms with van der Waals surface area (Å²) in [5, 5.41) is 0. The summed E-state index contributed by atoms with van der Waals surface area (Å²) in [6.07, 6.45) is -2.02. The topological polar surface area (TPSA) is 73.0 Å². The molecule has 0 unspecified atom stereocenters. The summed E-state index contributed by atoms with van der Waals surface area (Å²) in [4.78, 5) is 2.70. The fourth-order valence-electron chi connectivity index (χ4n) is 0.785. The van der Waals surface area contributed by atoms with Gasteiger partial charge in [-0.2, -0.15) is 0 Å². The Hall–Kier alpha value is -0.950. The maximum absolute atomic E-state index is 12.1. The normalized spacial score (nSPS) is 12.0. The van der Waals surface area contributed by atoms with Crippen LogP contribution in [0.3, 0.4) is 0 Å². The molecule has 2 N–H and O–H groups in total. The average Bonchev–Trinajstić information content (AvgIpc) is 2.02. The molecule has 8 heteroatoms. The molecule has 1 aromatic heterocycles. The van der Waals surface area contributed by atoms with E-state index < -0.39 is 31.8 Å². The van der Waals surface area contributed by atoms with Crippen LogP contribution >= 0.6 is 10.7 Å². The zero-order valence-electron chi connectivity index (χ0n) is 6.62. The van der Waals surface area contributed by atoms with Crippen LogP contribution in [0.15, 0.2) is 17.2 Å². The van der Waals surface area contributed by atoms with Gasteiger partial charge in [0.05, 0.1) is 0 Å². The molecule has 0 fully saturated rings. The van der Waals surface area contributed by atoms with Crippen molar-refractivity contribution >= 4 is 25.6 Å². The second-order valence-electron chi connectivity index (χ2n) is 2.39. The molecule has 1 rings (SSSR count). The number of anilines is 1. The first-order valence-electron chi connectivity index (χ1n) is 3.30. The van der Waals surface area contributed by atoms with Crippen LogP contribution < -0.4 is 5.73 Å². The van der Waals surface area contributed by atoms with Crippen molar-refractivity contribution < 1.29 is 17.2 Å². The van der Waals surface area contributed by atoms with Crippen molar-refractivity contribution in [3.05, 3.63) is 17.8 Å². The maximum atomic E-state index is 12.1. The lowest BCUT2D eigenvalue weighted by Gasteiger charge is -2.03. The predicted molar refractivity (Wildman–Crippen MR) is 46.6 cm³/mol. The van der Waals surface area contributed by atoms with Crippen LogP contribution in [0.25, 0.3) is 0 Å². The number of pyridine rings is 1. The van der Waals surface area contributed by atoms with E-state index in [1.807, 2.05) is 0 Å². The van der Waals surface area contributed by atoms with E-state index >= 15 is 0 Å². The molecule has 0 atom stereocenters. The minimum atomic E-state index is -4.14. The molecule has 0 amide bonds. The molecule has 4 nitrogen and oxygen atoms in total. The first-order chi connectivity index (χ1) is 6.32. The second-order valence-corrected chi connectivity index (χ2v) is 4.92. The minimum Gasteiger partial charge on any atom is -0.383 e. The van der Waals surface area contributed by atoms with Gasteiger partial charge in [-0.3, -0.25) is 0 Å². The van der Waals surface area contributed by atoms with E-state index in [1.54, 1.807) is 0 Å². The highest BCUT2D eigenvalue weighted by atomic mass is 35.7. The van der Waals surface area contributed by atoms with Crippen molar-refractivity contribution in [2.24, 2.45) is 0 Å². The van der Waals surface area contributed by atoms with Gasteiger partial charge in [0.15, 0.2) is 0 Å². The van der Waals surface area contributed by atoms with Crippen LogP contribution in [0.1, 0.15) is 12.0 Å². The highest BCUT2D eigenvalue weighted by molar-refractivity contribution is 8.13. The molecular weight excluding hydrogens is 238 g/mol. The molecule has 0 saturated heterocycles. The summed E-state index contributed by atoms with van der Waals surface area (Å²) in [7, 11) is 0.810. The van der Waals surface area contributed by atoms with Gasteiger partial charge in [-0.15, -0.1) is 0 Å². The Balaban J connectivity index is 3.37. The van der Waals surface area contributed by atoms with Gasteiger partial charge >= 0.3 is 0 Å². The Morgan fingerprint density at radius 2 is 2.07 bits per heavy atom. The third-order valence-electron chi connectivity index (χ3n) is 1.42. The number of halogens is 3. The van der Waals surface area contributed by atoms with Gasteiger partial charge in [-0.05, 0) is 6.07 Å². The van der Waals surface area contributed by atoms with Gasteiger partial charge in [-0.25, -0.2) is 22.2 Å². The molecular formula is C6H5ClF2N2O2S. The quantitative estimate of drug-likeness (QED) is 0.798. The van der Waals surface area contributed by atoms with E-state index in [0.29, 0.717) is 6.07 Å². The SMILES string of the molecule is Nc1ncc(C(F)F)cc1S(=O)(=O)Cl. The van der Waals surface area contributed by atoms with Crippen LogP contribution in [0.2, 0.25) is 0 Å². The minimum absolute atomic E-state index is 0.399. The molecule has 0 aromatic carbocycles. The van der Waals surface area contributed by atoms with Crippen molar-refractivity contribution in [1.82, 2.24) is 4.98 Å². The number of hydrogen-bond acceptors (Lipinski definition) is 4. The van der Waals surface area contributed by atoms with E-state index in [9.17, 15) is 17.2 Å². The fraction of sp³-hybridized carbons (Fsp3) is 0.167. The van der Waals surface area contributed by atoms with Gasteiger partial charge in [-0.1, -0.05) is 0 Å². The summed E-state index contributed by atoms with van der Waals surface area (Å²) in [5.74, 6) is -0.399. The standard InChI is InChI=1S/C6H5ClF2N2O2S/c7-14(12,13)4-1-3(5(8)9)2-11-6(4)10/h1-2,5H,(H2,10,11). The highest BCUT2D eigenvalue weighted by Crippen LogP contribution is 2.26. The lowest BCUT2D eigenvalue weighted by atomic mass is 10.3. The molecule has 0 spiro atoms. The van der Waals surface area contributed by atoms with Crippen molar-refractivity contribution in [1.29, 1.82) is 0 Å². The zero-order chi connectivity index (χ0) is 10.9. The first kappa shape index (κ1) is 11.1. The van der Waals surface area contributed by atoms with Crippen LogP contribution in [0, 0.1) is 0 Å². The number of nitrogens with two attached hydrogens (primary N) is 1. The van der Waals surface area contributed by atoms with Crippen LogP contribution in [0.5, 0.6) is 0 Å². The molecule has 0 saturated carbocycles. The van der Waals surface area contributed by atoms with Gasteiger partial charge in [0.1, 0.15) is 10.7 Å². The number of nitrogens with zero attached hydrogens (tertiary/aromatic N) is 1. The third kappa shape index (κ3) is 2.30. The van der Waals surface area contributed by atoms with E-state index in [1.165, 1.54) is 0 Å². The number of alkyl halides is 2. The monoisotopic (exact) mass is 242 g/mol. The molecule has 0 aliphatic rings. The Morgan fingerprint density at radius 1 is 1.50 bits per heavy atom. The van der Waals surface area contributed by atoms with Gasteiger partial charge in [0.25, 0.3) is 15.5 Å². The summed E-state index contributed by atoms with van der Waals surface area (Å²) in [6, 6.07) is 0.704. The summed E-state index contributed by atoms with van der Waals surface area (Å²) in [6.45, 7) is 0. The molecule has 0 bridgehead atoms. The Bertz CT molecular complexity index is 449. The summed E-state index contributed by atoms with van der Waals surface area (Å²) >= 11 is 0. The summed E-state index contributed by atoms with van der Waals surface area (Å²) in [5.41, 5.74) is 4.61. The van der Waals surface area contributed by atoms with E-state index in [2.05, 4.69) is 4.98 Å². The van der Waals surface area contributed by atoms with Crippen LogP contribution in [-0.2, 0) is 9.05 Å². The van der Waals surface area contributed by atoms with Crippen molar-refractivity contribution in [3.63, 3.8) is 0 Å². The fourth-order valence-corrected chi connectivity index (χ4v) is 1.74. The summed E-state index contributed by atoms with van der Waals surface area (Å²) < 4.78 is 46.0. The second kappa shape index (κ2) is 3.66. The van der Waals surface area contributed by atoms with Gasteiger partial charge in [0.2, 0.25) is 0 Å². The van der Waals surface area contributed by atoms with Gasteiger partial charge < -0.3 is 5.73 Å². The number of hydrogen-bond donors (Lipinski definition) is 1. The van der Waals surface area contributed by atoms with Crippen LogP contribution in [-0.4, -0.2) is 13.4 Å². The van der Waals surface area contributed by atoms with E-state index in [-0.39, 0.29) is 0 Å². The van der Waals surface area contributed by atoms with E-state index in [4.69, 9.17) is 16.4 Å². The lowest BCUT2D eigenvalue weighted by Crippen LogP contribution is -2.02. The third-order valence-corrected chi connectivity index (χ3v) is 2.77. The van der Waals surface area contributed by atoms with Crippen molar-refractivity contribution in [2.75, 3.05) is 5.73 Å². The smallest absolute Gasteiger partial charge is 0.265 e. The maximum Gasteiger partial charge on any atom is 0.265 e. The number of aromatic nitrogens is 1. The zero-order valence-corrected chi connectivity index (χ0v) is 8.19. The van der Waals surface area contributed by atoms with Crippen molar-refractivity contribution in [2.45, 2.75) is 11.3 Å². The lowest BCUT2D eigenvalue weighted by molar-refractivity contribution is 0.150. The predicted octanol–water partition coefficient (Wildman–Crippen LogP) is 1.53. The molecule has 0 aliphatic carbocycles. The molecule has 0 radical (unpaired) electrons. The number of nitrogen functional groups attached to an aromatic ring is 1. The van der Waals surface area contributed by atoms with Crippen LogP contribution in [0.4, 0.5) is 14.6 Å². The molecule has 1 aromatic rings. The average molecular weight is 243 g/mol. The largest absolute Gasteiger partial charge is 0.383 e. The highest BCUT2D eigenvalue weighted by Gasteiger charge is 2.18. The van der Waals surface area contributed by atoms with Gasteiger partial charge in [0, 0.05) is 22.4 Å². The molecule has 78 valence electrons. The van der Waals surface area contributed by atoms with E-state index in [0.717, 1.165) is 6.20 Å². The number of rotatable bonds is 2. The van der Waals surface area contributed by atoms with Crippen molar-refractivity contribution in [3.8, 4) is 0 Å². The Kier molecular flexibility index (Phi) is 2.91. The molecule has 0 aliphatic heterocycles. The Labute approximate surface area is 83.1 Å². The molecule has 14 heavy (non-hydrogen) atoms. The Morgan fingerprint density at radius 3 is 2.50 bits per heavy atom. The first-order valence-corrected chi connectivity index (χ1v) is 5.61.